The molecule has 0 aromatic rings. The summed E-state index contributed by atoms with van der Waals surface area (Å²) >= 11 is 0. The van der Waals surface area contributed by atoms with Crippen molar-refractivity contribution in [2.45, 2.75) is 53.2 Å². The minimum atomic E-state index is 0.359. The van der Waals surface area contributed by atoms with Crippen molar-refractivity contribution < 1.29 is 4.74 Å². The van der Waals surface area contributed by atoms with Crippen LogP contribution in [0.25, 0.3) is 0 Å². The van der Waals surface area contributed by atoms with Gasteiger partial charge in [-0.2, -0.15) is 0 Å². The molecule has 3 heteroatoms. The molecular formula is C13H30N2O. The van der Waals surface area contributed by atoms with E-state index in [-0.39, 0.29) is 0 Å². The van der Waals surface area contributed by atoms with E-state index in [1.165, 1.54) is 0 Å². The SMILES string of the molecule is CCC(CNC(C)C)OCCN(CC)CC. The van der Waals surface area contributed by atoms with Gasteiger partial charge >= 0.3 is 0 Å². The van der Waals surface area contributed by atoms with E-state index in [9.17, 15) is 0 Å². The Kier molecular flexibility index (Phi) is 9.99. The molecule has 0 amide bonds. The van der Waals surface area contributed by atoms with E-state index in [1.807, 2.05) is 0 Å². The minimum absolute atomic E-state index is 0.359. The Morgan fingerprint density at radius 2 is 1.75 bits per heavy atom. The molecule has 16 heavy (non-hydrogen) atoms. The monoisotopic (exact) mass is 230 g/mol. The number of hydrogen-bond donors (Lipinski definition) is 1. The van der Waals surface area contributed by atoms with Gasteiger partial charge in [0.15, 0.2) is 0 Å². The third-order valence-electron chi connectivity index (χ3n) is 2.86. The van der Waals surface area contributed by atoms with E-state index < -0.39 is 0 Å². The van der Waals surface area contributed by atoms with Gasteiger partial charge in [0.1, 0.15) is 0 Å². The fraction of sp³-hybridized carbons (Fsp3) is 1.00. The van der Waals surface area contributed by atoms with Gasteiger partial charge in [-0.25, -0.2) is 0 Å². The molecule has 0 aliphatic carbocycles. The van der Waals surface area contributed by atoms with E-state index in [4.69, 9.17) is 4.74 Å². The first kappa shape index (κ1) is 15.9. The number of likely N-dealkylation sites (N-methyl/N-ethyl adjacent to an activating group) is 1. The number of hydrogen-bond acceptors (Lipinski definition) is 3. The highest BCUT2D eigenvalue weighted by Gasteiger charge is 2.07. The van der Waals surface area contributed by atoms with E-state index in [0.717, 1.165) is 39.2 Å². The van der Waals surface area contributed by atoms with Crippen LogP contribution in [0.3, 0.4) is 0 Å². The minimum Gasteiger partial charge on any atom is -0.376 e. The molecule has 3 nitrogen and oxygen atoms in total. The van der Waals surface area contributed by atoms with Crippen molar-refractivity contribution in [2.24, 2.45) is 0 Å². The van der Waals surface area contributed by atoms with Crippen LogP contribution in [-0.2, 0) is 4.74 Å². The Morgan fingerprint density at radius 3 is 2.19 bits per heavy atom. The van der Waals surface area contributed by atoms with Gasteiger partial charge in [0, 0.05) is 19.1 Å². The molecule has 0 aromatic carbocycles. The summed E-state index contributed by atoms with van der Waals surface area (Å²) in [5.74, 6) is 0. The standard InChI is InChI=1S/C13H30N2O/c1-6-13(11-14-12(4)5)16-10-9-15(7-2)8-3/h12-14H,6-11H2,1-5H3. The zero-order valence-electron chi connectivity index (χ0n) is 11.8. The molecule has 0 aliphatic rings. The van der Waals surface area contributed by atoms with Crippen molar-refractivity contribution in [3.63, 3.8) is 0 Å². The highest BCUT2D eigenvalue weighted by molar-refractivity contribution is 4.63. The second-order valence-corrected chi connectivity index (χ2v) is 4.49. The van der Waals surface area contributed by atoms with Crippen molar-refractivity contribution in [3.8, 4) is 0 Å². The fourth-order valence-corrected chi connectivity index (χ4v) is 1.58. The Balaban J connectivity index is 3.61. The lowest BCUT2D eigenvalue weighted by Crippen LogP contribution is -2.35. The van der Waals surface area contributed by atoms with Gasteiger partial charge in [0.25, 0.3) is 0 Å². The summed E-state index contributed by atoms with van der Waals surface area (Å²) in [5.41, 5.74) is 0. The molecule has 1 N–H and O–H groups in total. The predicted molar refractivity (Wildman–Crippen MR) is 71.0 cm³/mol. The molecule has 1 unspecified atom stereocenters. The number of nitrogens with one attached hydrogen (secondary N) is 1. The Bertz CT molecular complexity index is 147. The molecule has 0 fully saturated rings. The molecule has 1 atom stereocenters. The molecule has 0 aliphatic heterocycles. The van der Waals surface area contributed by atoms with Crippen molar-refractivity contribution in [2.75, 3.05) is 32.8 Å². The maximum absolute atomic E-state index is 5.87. The largest absolute Gasteiger partial charge is 0.376 e. The van der Waals surface area contributed by atoms with Gasteiger partial charge in [-0.05, 0) is 19.5 Å². The van der Waals surface area contributed by atoms with Gasteiger partial charge in [-0.1, -0.05) is 34.6 Å². The van der Waals surface area contributed by atoms with Crippen molar-refractivity contribution >= 4 is 0 Å². The van der Waals surface area contributed by atoms with E-state index in [2.05, 4.69) is 44.8 Å². The molecular weight excluding hydrogens is 200 g/mol. The third kappa shape index (κ3) is 8.08. The number of rotatable bonds is 10. The highest BCUT2D eigenvalue weighted by atomic mass is 16.5. The topological polar surface area (TPSA) is 24.5 Å². The average Bonchev–Trinajstić information content (AvgIpc) is 2.28. The Hall–Kier alpha value is -0.120. The normalized spacial score (nSPS) is 13.7. The summed E-state index contributed by atoms with van der Waals surface area (Å²) in [6, 6.07) is 0.542. The molecule has 0 bridgehead atoms. The quantitative estimate of drug-likeness (QED) is 0.622. The predicted octanol–water partition coefficient (Wildman–Crippen LogP) is 2.12. The lowest BCUT2D eigenvalue weighted by Gasteiger charge is -2.22. The van der Waals surface area contributed by atoms with Gasteiger partial charge in [-0.15, -0.1) is 0 Å². The summed E-state index contributed by atoms with van der Waals surface area (Å²) < 4.78 is 5.87. The number of ether oxygens (including phenoxy) is 1. The first-order valence-electron chi connectivity index (χ1n) is 6.71. The summed E-state index contributed by atoms with van der Waals surface area (Å²) in [5, 5.41) is 3.42. The second-order valence-electron chi connectivity index (χ2n) is 4.49. The van der Waals surface area contributed by atoms with Crippen LogP contribution in [0.4, 0.5) is 0 Å². The maximum atomic E-state index is 5.87. The molecule has 0 saturated heterocycles. The van der Waals surface area contributed by atoms with Gasteiger partial charge in [0.05, 0.1) is 12.7 Å². The fourth-order valence-electron chi connectivity index (χ4n) is 1.58. The third-order valence-corrected chi connectivity index (χ3v) is 2.86. The first-order chi connectivity index (χ1) is 7.63. The van der Waals surface area contributed by atoms with Crippen LogP contribution in [-0.4, -0.2) is 49.8 Å². The van der Waals surface area contributed by atoms with Crippen LogP contribution in [0.1, 0.15) is 41.0 Å². The van der Waals surface area contributed by atoms with Crippen LogP contribution < -0.4 is 5.32 Å². The van der Waals surface area contributed by atoms with E-state index in [0.29, 0.717) is 12.1 Å². The van der Waals surface area contributed by atoms with Crippen LogP contribution in [0, 0.1) is 0 Å². The average molecular weight is 230 g/mol. The molecule has 0 spiro atoms. The van der Waals surface area contributed by atoms with Gasteiger partial charge < -0.3 is 15.0 Å². The van der Waals surface area contributed by atoms with E-state index in [1.54, 1.807) is 0 Å². The van der Waals surface area contributed by atoms with Crippen LogP contribution in [0.15, 0.2) is 0 Å². The molecule has 0 rings (SSSR count). The van der Waals surface area contributed by atoms with Crippen molar-refractivity contribution in [3.05, 3.63) is 0 Å². The van der Waals surface area contributed by atoms with Crippen LogP contribution >= 0.6 is 0 Å². The summed E-state index contributed by atoms with van der Waals surface area (Å²) in [7, 11) is 0. The summed E-state index contributed by atoms with van der Waals surface area (Å²) in [4.78, 5) is 2.39. The number of nitrogens with zero attached hydrogens (tertiary/aromatic N) is 1. The lowest BCUT2D eigenvalue weighted by molar-refractivity contribution is 0.0359. The van der Waals surface area contributed by atoms with Crippen molar-refractivity contribution in [1.82, 2.24) is 10.2 Å². The molecule has 98 valence electrons. The van der Waals surface area contributed by atoms with Crippen LogP contribution in [0.5, 0.6) is 0 Å². The zero-order valence-corrected chi connectivity index (χ0v) is 11.8. The van der Waals surface area contributed by atoms with Crippen LogP contribution in [0.2, 0.25) is 0 Å². The molecule has 0 aromatic heterocycles. The highest BCUT2D eigenvalue weighted by Crippen LogP contribution is 1.98. The van der Waals surface area contributed by atoms with Gasteiger partial charge in [0.2, 0.25) is 0 Å². The maximum Gasteiger partial charge on any atom is 0.0697 e. The summed E-state index contributed by atoms with van der Waals surface area (Å²) in [6.45, 7) is 16.0. The summed E-state index contributed by atoms with van der Waals surface area (Å²) in [6.07, 6.45) is 1.44. The lowest BCUT2D eigenvalue weighted by atomic mass is 10.2. The second kappa shape index (κ2) is 10.1. The first-order valence-corrected chi connectivity index (χ1v) is 6.71. The molecule has 0 heterocycles. The Labute approximate surface area is 102 Å². The molecule has 0 saturated carbocycles. The van der Waals surface area contributed by atoms with E-state index >= 15 is 0 Å². The van der Waals surface area contributed by atoms with Gasteiger partial charge in [-0.3, -0.25) is 0 Å². The zero-order chi connectivity index (χ0) is 12.4. The molecule has 0 radical (unpaired) electrons. The Morgan fingerprint density at radius 1 is 1.12 bits per heavy atom. The van der Waals surface area contributed by atoms with Crippen molar-refractivity contribution in [1.29, 1.82) is 0 Å². The smallest absolute Gasteiger partial charge is 0.0697 e.